The highest BCUT2D eigenvalue weighted by molar-refractivity contribution is 9.10. The molecule has 2 aromatic carbocycles. The van der Waals surface area contributed by atoms with Crippen LogP contribution in [0.4, 0.5) is 10.1 Å². The third kappa shape index (κ3) is 3.54. The lowest BCUT2D eigenvalue weighted by atomic mass is 9.96. The van der Waals surface area contributed by atoms with Crippen molar-refractivity contribution in [3.05, 3.63) is 94.8 Å². The molecule has 3 heterocycles. The van der Waals surface area contributed by atoms with Crippen LogP contribution >= 0.6 is 27.3 Å². The molecule has 2 aliphatic rings. The normalized spacial score (nSPS) is 18.2. The van der Waals surface area contributed by atoms with Crippen LogP contribution < -0.4 is 20.2 Å². The molecule has 0 unspecified atom stereocenters. The number of rotatable bonds is 3. The topological polar surface area (TPSA) is 89.8 Å². The molecule has 5 rings (SSSR count). The Balaban J connectivity index is 1.82. The maximum atomic E-state index is 13.8. The van der Waals surface area contributed by atoms with Gasteiger partial charge in [0.15, 0.2) is 4.80 Å². The van der Waals surface area contributed by atoms with E-state index < -0.39 is 29.3 Å². The minimum atomic E-state index is -0.878. The number of allylic oxidation sites excluding steroid dienone is 1. The third-order valence-corrected chi connectivity index (χ3v) is 7.18. The SMILES string of the molecule is CCOC(=O)C1=C(C)N=c2s/c(=C3\C(=O)Nc4ccc(Br)cc43)c(=O)n2[C@@H]1c1ccc(F)cc1. The van der Waals surface area contributed by atoms with Crippen LogP contribution in [0.2, 0.25) is 0 Å². The Morgan fingerprint density at radius 3 is 2.68 bits per heavy atom. The average molecular weight is 542 g/mol. The fraction of sp³-hybridized carbons (Fsp3) is 0.167. The highest BCUT2D eigenvalue weighted by atomic mass is 79.9. The van der Waals surface area contributed by atoms with Crippen LogP contribution in [0.25, 0.3) is 5.57 Å². The number of halogens is 2. The number of aromatic nitrogens is 1. The molecule has 0 aliphatic carbocycles. The quantitative estimate of drug-likeness (QED) is 0.516. The van der Waals surface area contributed by atoms with E-state index >= 15 is 0 Å². The Bertz CT molecular complexity index is 1590. The molecule has 1 amide bonds. The number of hydrogen-bond acceptors (Lipinski definition) is 6. The van der Waals surface area contributed by atoms with E-state index in [0.29, 0.717) is 27.3 Å². The summed E-state index contributed by atoms with van der Waals surface area (Å²) in [6.07, 6.45) is 0. The molecule has 0 bridgehead atoms. The molecule has 0 spiro atoms. The van der Waals surface area contributed by atoms with Gasteiger partial charge in [-0.25, -0.2) is 14.2 Å². The number of nitrogens with one attached hydrogen (secondary N) is 1. The van der Waals surface area contributed by atoms with Crippen LogP contribution in [0, 0.1) is 5.82 Å². The summed E-state index contributed by atoms with van der Waals surface area (Å²) in [4.78, 5) is 44.4. The highest BCUT2D eigenvalue weighted by Crippen LogP contribution is 2.33. The second kappa shape index (κ2) is 8.44. The van der Waals surface area contributed by atoms with Crippen LogP contribution in [-0.2, 0) is 14.3 Å². The first kappa shape index (κ1) is 22.4. The zero-order valence-electron chi connectivity index (χ0n) is 18.0. The van der Waals surface area contributed by atoms with E-state index in [2.05, 4.69) is 26.2 Å². The van der Waals surface area contributed by atoms with E-state index in [9.17, 15) is 18.8 Å². The van der Waals surface area contributed by atoms with Crippen molar-refractivity contribution < 1.29 is 18.7 Å². The van der Waals surface area contributed by atoms with Crippen molar-refractivity contribution in [2.24, 2.45) is 4.99 Å². The van der Waals surface area contributed by atoms with Crippen LogP contribution in [0.1, 0.15) is 31.0 Å². The molecule has 0 saturated carbocycles. The summed E-state index contributed by atoms with van der Waals surface area (Å²) in [7, 11) is 0. The van der Waals surface area contributed by atoms with Gasteiger partial charge in [-0.1, -0.05) is 39.4 Å². The van der Waals surface area contributed by atoms with Crippen molar-refractivity contribution in [2.75, 3.05) is 11.9 Å². The molecule has 10 heteroatoms. The number of ether oxygens (including phenoxy) is 1. The predicted octanol–water partition coefficient (Wildman–Crippen LogP) is 3.02. The number of nitrogens with zero attached hydrogens (tertiary/aromatic N) is 2. The van der Waals surface area contributed by atoms with Gasteiger partial charge in [-0.05, 0) is 49.7 Å². The van der Waals surface area contributed by atoms with Crippen molar-refractivity contribution in [1.82, 2.24) is 4.57 Å². The van der Waals surface area contributed by atoms with E-state index in [1.165, 1.54) is 28.8 Å². The molecule has 1 N–H and O–H groups in total. The Morgan fingerprint density at radius 1 is 1.24 bits per heavy atom. The molecular formula is C24H17BrFN3O4S. The average Bonchev–Trinajstić information content (AvgIpc) is 3.28. The van der Waals surface area contributed by atoms with Gasteiger partial charge in [0.2, 0.25) is 0 Å². The van der Waals surface area contributed by atoms with Crippen LogP contribution in [0.15, 0.2) is 68.0 Å². The zero-order chi connectivity index (χ0) is 24.1. The molecule has 0 fully saturated rings. The summed E-state index contributed by atoms with van der Waals surface area (Å²) < 4.78 is 21.3. The Kier molecular flexibility index (Phi) is 5.57. The van der Waals surface area contributed by atoms with Gasteiger partial charge in [0.1, 0.15) is 10.3 Å². The lowest BCUT2D eigenvalue weighted by Gasteiger charge is -2.24. The summed E-state index contributed by atoms with van der Waals surface area (Å²) in [6, 6.07) is 10.0. The molecule has 0 saturated heterocycles. The van der Waals surface area contributed by atoms with Gasteiger partial charge in [0, 0.05) is 15.7 Å². The van der Waals surface area contributed by atoms with Gasteiger partial charge < -0.3 is 10.1 Å². The van der Waals surface area contributed by atoms with Gasteiger partial charge in [-0.2, -0.15) is 0 Å². The van der Waals surface area contributed by atoms with Crippen LogP contribution in [0.5, 0.6) is 0 Å². The molecule has 1 aromatic heterocycles. The molecule has 3 aromatic rings. The second-order valence-electron chi connectivity index (χ2n) is 7.69. The van der Waals surface area contributed by atoms with Gasteiger partial charge in [0.05, 0.1) is 29.5 Å². The molecule has 7 nitrogen and oxygen atoms in total. The van der Waals surface area contributed by atoms with Crippen molar-refractivity contribution in [3.63, 3.8) is 0 Å². The Labute approximate surface area is 205 Å². The van der Waals surface area contributed by atoms with E-state index in [4.69, 9.17) is 4.74 Å². The number of benzene rings is 2. The second-order valence-corrected chi connectivity index (χ2v) is 9.59. The molecule has 34 heavy (non-hydrogen) atoms. The van der Waals surface area contributed by atoms with E-state index in [0.717, 1.165) is 15.8 Å². The minimum Gasteiger partial charge on any atom is -0.463 e. The summed E-state index contributed by atoms with van der Waals surface area (Å²) >= 11 is 4.49. The van der Waals surface area contributed by atoms with Gasteiger partial charge in [-0.15, -0.1) is 0 Å². The lowest BCUT2D eigenvalue weighted by molar-refractivity contribution is -0.139. The molecule has 1 atom stereocenters. The predicted molar refractivity (Wildman–Crippen MR) is 129 cm³/mol. The zero-order valence-corrected chi connectivity index (χ0v) is 20.4. The lowest BCUT2D eigenvalue weighted by Crippen LogP contribution is -2.40. The minimum absolute atomic E-state index is 0.145. The maximum Gasteiger partial charge on any atom is 0.338 e. The first-order chi connectivity index (χ1) is 16.3. The van der Waals surface area contributed by atoms with Gasteiger partial charge >= 0.3 is 5.97 Å². The van der Waals surface area contributed by atoms with E-state index in [-0.39, 0.29) is 22.3 Å². The van der Waals surface area contributed by atoms with Gasteiger partial charge in [-0.3, -0.25) is 14.2 Å². The number of esters is 1. The van der Waals surface area contributed by atoms with Crippen molar-refractivity contribution >= 4 is 50.4 Å². The Hall–Kier alpha value is -3.37. The van der Waals surface area contributed by atoms with Crippen molar-refractivity contribution in [2.45, 2.75) is 19.9 Å². The van der Waals surface area contributed by atoms with E-state index in [1.54, 1.807) is 32.0 Å². The number of carbonyl (C=O) groups excluding carboxylic acids is 2. The number of amides is 1. The van der Waals surface area contributed by atoms with Crippen molar-refractivity contribution in [1.29, 1.82) is 0 Å². The number of fused-ring (bicyclic) bond motifs is 2. The first-order valence-corrected chi connectivity index (χ1v) is 12.0. The fourth-order valence-electron chi connectivity index (χ4n) is 4.17. The van der Waals surface area contributed by atoms with E-state index in [1.807, 2.05) is 0 Å². The maximum absolute atomic E-state index is 13.8. The summed E-state index contributed by atoms with van der Waals surface area (Å²) in [5.41, 5.74) is 2.09. The van der Waals surface area contributed by atoms with Crippen LogP contribution in [0.3, 0.4) is 0 Å². The largest absolute Gasteiger partial charge is 0.463 e. The van der Waals surface area contributed by atoms with Crippen LogP contribution in [-0.4, -0.2) is 23.1 Å². The number of carbonyl (C=O) groups is 2. The molecular weight excluding hydrogens is 525 g/mol. The first-order valence-electron chi connectivity index (χ1n) is 10.4. The highest BCUT2D eigenvalue weighted by Gasteiger charge is 2.35. The number of anilines is 1. The summed E-state index contributed by atoms with van der Waals surface area (Å²) in [6.45, 7) is 3.50. The summed E-state index contributed by atoms with van der Waals surface area (Å²) in [5.74, 6) is -1.44. The smallest absolute Gasteiger partial charge is 0.338 e. The fourth-order valence-corrected chi connectivity index (χ4v) is 5.67. The van der Waals surface area contributed by atoms with Gasteiger partial charge in [0.25, 0.3) is 11.5 Å². The molecule has 2 aliphatic heterocycles. The number of hydrogen-bond donors (Lipinski definition) is 1. The number of thiazole rings is 1. The standard InChI is InChI=1S/C24H17BrFN3O4S/c1-3-33-23(32)17-11(2)27-24-29(19(17)12-4-7-14(26)8-5-12)22(31)20(34-24)18-15-10-13(25)6-9-16(15)28-21(18)30/h4-10,19H,3H2,1-2H3,(H,28,30)/b20-18-/t19-/m1/s1. The Morgan fingerprint density at radius 2 is 1.97 bits per heavy atom. The molecule has 172 valence electrons. The van der Waals surface area contributed by atoms with Crippen molar-refractivity contribution in [3.8, 4) is 0 Å². The monoisotopic (exact) mass is 541 g/mol. The third-order valence-electron chi connectivity index (χ3n) is 5.63. The molecule has 0 radical (unpaired) electrons. The summed E-state index contributed by atoms with van der Waals surface area (Å²) in [5, 5.41) is 2.79.